The molecule has 0 aliphatic heterocycles. The van der Waals surface area contributed by atoms with Gasteiger partial charge in [-0.25, -0.2) is 4.98 Å². The number of anilines is 1. The van der Waals surface area contributed by atoms with Crippen LogP contribution in [0.5, 0.6) is 0 Å². The van der Waals surface area contributed by atoms with Crippen LogP contribution in [0, 0.1) is 12.8 Å². The van der Waals surface area contributed by atoms with Crippen LogP contribution in [0.3, 0.4) is 0 Å². The fourth-order valence-corrected chi connectivity index (χ4v) is 3.45. The van der Waals surface area contributed by atoms with Crippen LogP contribution in [0.2, 0.25) is 0 Å². The zero-order chi connectivity index (χ0) is 16.7. The van der Waals surface area contributed by atoms with E-state index in [0.717, 1.165) is 22.0 Å². The third-order valence-corrected chi connectivity index (χ3v) is 5.26. The van der Waals surface area contributed by atoms with Gasteiger partial charge >= 0.3 is 0 Å². The molecule has 0 saturated heterocycles. The maximum absolute atomic E-state index is 12.4. The molecular weight excluding hydrogens is 324 g/mol. The van der Waals surface area contributed by atoms with Crippen LogP contribution in [-0.2, 0) is 0 Å². The van der Waals surface area contributed by atoms with Crippen molar-refractivity contribution >= 4 is 22.9 Å². The van der Waals surface area contributed by atoms with Gasteiger partial charge in [0.2, 0.25) is 0 Å². The number of carbonyl (C=O) groups is 1. The molecule has 1 unspecified atom stereocenters. The van der Waals surface area contributed by atoms with E-state index in [0.29, 0.717) is 17.7 Å². The van der Waals surface area contributed by atoms with E-state index in [1.54, 1.807) is 17.8 Å². The van der Waals surface area contributed by atoms with Gasteiger partial charge in [-0.1, -0.05) is 0 Å². The van der Waals surface area contributed by atoms with Gasteiger partial charge in [0, 0.05) is 23.3 Å². The second-order valence-electron chi connectivity index (χ2n) is 6.17. The third-order valence-electron chi connectivity index (χ3n) is 4.37. The van der Waals surface area contributed by atoms with Crippen molar-refractivity contribution in [3.8, 4) is 10.6 Å². The summed E-state index contributed by atoms with van der Waals surface area (Å²) in [5.41, 5.74) is 2.84. The highest BCUT2D eigenvalue weighted by atomic mass is 32.1. The van der Waals surface area contributed by atoms with Crippen molar-refractivity contribution in [3.05, 3.63) is 35.4 Å². The second kappa shape index (κ2) is 5.86. The summed E-state index contributed by atoms with van der Waals surface area (Å²) < 4.78 is 1.96. The Morgan fingerprint density at radius 2 is 2.33 bits per heavy atom. The summed E-state index contributed by atoms with van der Waals surface area (Å²) in [4.78, 5) is 16.8. The summed E-state index contributed by atoms with van der Waals surface area (Å²) in [6.45, 7) is 4.08. The number of aromatic amines is 1. The largest absolute Gasteiger partial charge is 0.318 e. The summed E-state index contributed by atoms with van der Waals surface area (Å²) in [5.74, 6) is 0.492. The molecule has 2 N–H and O–H groups in total. The van der Waals surface area contributed by atoms with E-state index in [1.165, 1.54) is 24.2 Å². The van der Waals surface area contributed by atoms with Crippen LogP contribution >= 0.6 is 11.3 Å². The molecule has 1 fully saturated rings. The minimum Gasteiger partial charge on any atom is -0.318 e. The Bertz CT molecular complexity index is 861. The van der Waals surface area contributed by atoms with Gasteiger partial charge in [-0.05, 0) is 32.6 Å². The topological polar surface area (TPSA) is 88.5 Å². The van der Waals surface area contributed by atoms with Gasteiger partial charge in [-0.15, -0.1) is 11.3 Å². The Labute approximate surface area is 143 Å². The number of nitrogens with zero attached hydrogens (tertiary/aromatic N) is 4. The molecule has 0 spiro atoms. The van der Waals surface area contributed by atoms with Crippen molar-refractivity contribution in [2.24, 2.45) is 5.92 Å². The lowest BCUT2D eigenvalue weighted by molar-refractivity contribution is 0.102. The third kappa shape index (κ3) is 2.84. The van der Waals surface area contributed by atoms with Gasteiger partial charge in [-0.2, -0.15) is 10.2 Å². The molecule has 8 heteroatoms. The molecule has 3 aromatic heterocycles. The van der Waals surface area contributed by atoms with Gasteiger partial charge in [-0.3, -0.25) is 14.6 Å². The number of hydrogen-bond acceptors (Lipinski definition) is 5. The molecular formula is C16H18N6OS. The van der Waals surface area contributed by atoms with Gasteiger partial charge in [0.15, 0.2) is 0 Å². The predicted molar refractivity (Wildman–Crippen MR) is 92.0 cm³/mol. The molecule has 1 aliphatic rings. The Morgan fingerprint density at radius 3 is 3.04 bits per heavy atom. The molecule has 1 saturated carbocycles. The van der Waals surface area contributed by atoms with Crippen molar-refractivity contribution in [1.29, 1.82) is 0 Å². The fourth-order valence-electron chi connectivity index (χ4n) is 2.67. The number of carbonyl (C=O) groups excluding carboxylic acids is 1. The monoisotopic (exact) mass is 342 g/mol. The number of thiazole rings is 1. The maximum atomic E-state index is 12.4. The van der Waals surface area contributed by atoms with Crippen molar-refractivity contribution < 1.29 is 4.79 Å². The highest BCUT2D eigenvalue weighted by molar-refractivity contribution is 7.13. The lowest BCUT2D eigenvalue weighted by Gasteiger charge is -2.09. The van der Waals surface area contributed by atoms with Gasteiger partial charge in [0.1, 0.15) is 10.7 Å². The van der Waals surface area contributed by atoms with E-state index in [1.807, 2.05) is 17.8 Å². The van der Waals surface area contributed by atoms with Crippen molar-refractivity contribution in [2.45, 2.75) is 32.7 Å². The first-order valence-electron chi connectivity index (χ1n) is 7.93. The number of hydrogen-bond donors (Lipinski definition) is 2. The summed E-state index contributed by atoms with van der Waals surface area (Å²) in [5, 5.41) is 16.6. The Balaban J connectivity index is 1.50. The van der Waals surface area contributed by atoms with Crippen LogP contribution in [0.15, 0.2) is 24.0 Å². The van der Waals surface area contributed by atoms with Crippen molar-refractivity contribution in [3.63, 3.8) is 0 Å². The summed E-state index contributed by atoms with van der Waals surface area (Å²) >= 11 is 1.42. The number of aryl methyl sites for hydroxylation is 1. The number of amides is 1. The highest BCUT2D eigenvalue weighted by Gasteiger charge is 2.30. The van der Waals surface area contributed by atoms with Crippen LogP contribution in [0.25, 0.3) is 10.6 Å². The van der Waals surface area contributed by atoms with E-state index in [4.69, 9.17) is 0 Å². The van der Waals surface area contributed by atoms with Gasteiger partial charge < -0.3 is 5.32 Å². The van der Waals surface area contributed by atoms with Gasteiger partial charge in [0.05, 0.1) is 23.6 Å². The Morgan fingerprint density at radius 1 is 1.50 bits per heavy atom. The predicted octanol–water partition coefficient (Wildman–Crippen LogP) is 3.26. The molecule has 3 heterocycles. The van der Waals surface area contributed by atoms with E-state index in [2.05, 4.69) is 32.5 Å². The van der Waals surface area contributed by atoms with E-state index >= 15 is 0 Å². The number of nitrogens with one attached hydrogen (secondary N) is 2. The minimum atomic E-state index is -0.220. The maximum Gasteiger partial charge on any atom is 0.275 e. The second-order valence-corrected chi connectivity index (χ2v) is 7.02. The van der Waals surface area contributed by atoms with Crippen molar-refractivity contribution in [1.82, 2.24) is 25.0 Å². The lowest BCUT2D eigenvalue weighted by atomic mass is 10.2. The molecule has 0 aromatic carbocycles. The smallest absolute Gasteiger partial charge is 0.275 e. The summed E-state index contributed by atoms with van der Waals surface area (Å²) in [6.07, 6.45) is 7.89. The van der Waals surface area contributed by atoms with E-state index < -0.39 is 0 Å². The number of rotatable bonds is 5. The molecule has 1 aliphatic carbocycles. The minimum absolute atomic E-state index is 0.220. The summed E-state index contributed by atoms with van der Waals surface area (Å²) in [7, 11) is 0. The fraction of sp³-hybridized carbons (Fsp3) is 0.375. The molecule has 1 atom stereocenters. The quantitative estimate of drug-likeness (QED) is 0.745. The Kier molecular flexibility index (Phi) is 3.68. The highest BCUT2D eigenvalue weighted by Crippen LogP contribution is 2.39. The molecule has 1 amide bonds. The molecule has 0 radical (unpaired) electrons. The number of aromatic nitrogens is 5. The first-order valence-corrected chi connectivity index (χ1v) is 8.81. The van der Waals surface area contributed by atoms with Crippen LogP contribution in [-0.4, -0.2) is 30.9 Å². The molecule has 0 bridgehead atoms. The lowest BCUT2D eigenvalue weighted by Crippen LogP contribution is -2.12. The average Bonchev–Trinajstić information content (AvgIpc) is 2.98. The van der Waals surface area contributed by atoms with E-state index in [9.17, 15) is 4.79 Å². The molecule has 124 valence electrons. The number of H-pyrrole nitrogens is 1. The van der Waals surface area contributed by atoms with Crippen LogP contribution < -0.4 is 5.32 Å². The van der Waals surface area contributed by atoms with Crippen LogP contribution in [0.1, 0.15) is 42.0 Å². The molecule has 3 aromatic rings. The molecule has 24 heavy (non-hydrogen) atoms. The Hall–Kier alpha value is -2.48. The first-order chi connectivity index (χ1) is 11.6. The van der Waals surface area contributed by atoms with E-state index in [-0.39, 0.29) is 5.91 Å². The summed E-state index contributed by atoms with van der Waals surface area (Å²) in [6, 6.07) is 0.376. The molecule has 7 nitrogen and oxygen atoms in total. The van der Waals surface area contributed by atoms with Crippen molar-refractivity contribution in [2.75, 3.05) is 5.32 Å². The standard InChI is InChI=1S/C16H18N6OS/c1-9-13(7-22(21-9)10(2)11-3-4-11)19-15(23)14-8-24-16(20-14)12-5-17-18-6-12/h5-8,10-11H,3-4H2,1-2H3,(H,17,18)(H,19,23). The zero-order valence-electron chi connectivity index (χ0n) is 13.5. The average molecular weight is 342 g/mol. The molecule has 4 rings (SSSR count). The van der Waals surface area contributed by atoms with Crippen LogP contribution in [0.4, 0.5) is 5.69 Å². The van der Waals surface area contributed by atoms with Gasteiger partial charge in [0.25, 0.3) is 5.91 Å². The first kappa shape index (κ1) is 15.1. The normalized spacial score (nSPS) is 15.4. The SMILES string of the molecule is Cc1nn(C(C)C2CC2)cc1NC(=O)c1csc(-c2cn[nH]c2)n1. The zero-order valence-corrected chi connectivity index (χ0v) is 14.3.